The van der Waals surface area contributed by atoms with E-state index in [-0.39, 0.29) is 23.8 Å². The van der Waals surface area contributed by atoms with E-state index in [0.717, 1.165) is 18.4 Å². The number of ether oxygens (including phenoxy) is 2. The van der Waals surface area contributed by atoms with E-state index in [9.17, 15) is 4.79 Å². The van der Waals surface area contributed by atoms with E-state index in [1.165, 1.54) is 0 Å². The third-order valence-electron chi connectivity index (χ3n) is 4.26. The van der Waals surface area contributed by atoms with E-state index in [1.807, 2.05) is 19.9 Å². The lowest BCUT2D eigenvalue weighted by molar-refractivity contribution is -0.123. The van der Waals surface area contributed by atoms with E-state index in [2.05, 4.69) is 15.5 Å². The first-order valence-corrected chi connectivity index (χ1v) is 8.39. The highest BCUT2D eigenvalue weighted by Crippen LogP contribution is 2.33. The van der Waals surface area contributed by atoms with Crippen molar-refractivity contribution in [2.24, 2.45) is 11.8 Å². The number of nitrogens with one attached hydrogen (secondary N) is 1. The standard InChI is InChI=1S/C18H23N3O4/c1-10(2)15(19-17(22)11-5-6-11)18-20-16(21-25-18)12-7-8-13(23-3)14(9-12)24-4/h7-11,15H,5-6H2,1-4H3,(H,19,22)/t15-/m0/s1. The number of hydrogen-bond donors (Lipinski definition) is 1. The van der Waals surface area contributed by atoms with Gasteiger partial charge in [0.15, 0.2) is 11.5 Å². The second-order valence-electron chi connectivity index (χ2n) is 6.53. The van der Waals surface area contributed by atoms with E-state index >= 15 is 0 Å². The lowest BCUT2D eigenvalue weighted by atomic mass is 10.0. The van der Waals surface area contributed by atoms with Crippen LogP contribution in [-0.2, 0) is 4.79 Å². The first kappa shape index (κ1) is 17.3. The molecule has 1 N–H and O–H groups in total. The first-order chi connectivity index (χ1) is 12.0. The monoisotopic (exact) mass is 345 g/mol. The maximum Gasteiger partial charge on any atom is 0.249 e. The van der Waals surface area contributed by atoms with Crippen LogP contribution in [0.25, 0.3) is 11.4 Å². The van der Waals surface area contributed by atoms with Crippen molar-refractivity contribution in [3.8, 4) is 22.9 Å². The quantitative estimate of drug-likeness (QED) is 0.830. The lowest BCUT2D eigenvalue weighted by Crippen LogP contribution is -2.33. The summed E-state index contributed by atoms with van der Waals surface area (Å²) in [6.07, 6.45) is 1.91. The molecule has 0 bridgehead atoms. The number of amides is 1. The number of nitrogens with zero attached hydrogens (tertiary/aromatic N) is 2. The van der Waals surface area contributed by atoms with Crippen molar-refractivity contribution < 1.29 is 18.8 Å². The molecule has 0 unspecified atom stereocenters. The number of rotatable bonds is 7. The summed E-state index contributed by atoms with van der Waals surface area (Å²) in [5, 5.41) is 7.08. The van der Waals surface area contributed by atoms with Crippen LogP contribution in [0.2, 0.25) is 0 Å². The summed E-state index contributed by atoms with van der Waals surface area (Å²) in [5.74, 6) is 2.41. The number of benzene rings is 1. The number of methoxy groups -OCH3 is 2. The number of hydrogen-bond acceptors (Lipinski definition) is 6. The van der Waals surface area contributed by atoms with Gasteiger partial charge in [0.05, 0.1) is 14.2 Å². The molecule has 0 saturated heterocycles. The van der Waals surface area contributed by atoms with Gasteiger partial charge in [0.25, 0.3) is 0 Å². The fraction of sp³-hybridized carbons (Fsp3) is 0.500. The average molecular weight is 345 g/mol. The highest BCUT2D eigenvalue weighted by atomic mass is 16.5. The summed E-state index contributed by atoms with van der Waals surface area (Å²) in [6.45, 7) is 4.02. The molecule has 0 aliphatic heterocycles. The Balaban J connectivity index is 1.83. The van der Waals surface area contributed by atoms with Crippen LogP contribution < -0.4 is 14.8 Å². The smallest absolute Gasteiger partial charge is 0.249 e. The third-order valence-corrected chi connectivity index (χ3v) is 4.26. The molecule has 3 rings (SSSR count). The van der Waals surface area contributed by atoms with Gasteiger partial charge in [-0.3, -0.25) is 4.79 Å². The van der Waals surface area contributed by atoms with Gasteiger partial charge >= 0.3 is 0 Å². The summed E-state index contributed by atoms with van der Waals surface area (Å²) in [4.78, 5) is 16.6. The molecule has 7 heteroatoms. The van der Waals surface area contributed by atoms with Crippen molar-refractivity contribution in [3.05, 3.63) is 24.1 Å². The molecular weight excluding hydrogens is 322 g/mol. The van der Waals surface area contributed by atoms with Crippen LogP contribution in [0.5, 0.6) is 11.5 Å². The second kappa shape index (κ2) is 7.13. The van der Waals surface area contributed by atoms with Gasteiger partial charge in [0.2, 0.25) is 17.6 Å². The minimum atomic E-state index is -0.297. The largest absolute Gasteiger partial charge is 0.493 e. The van der Waals surface area contributed by atoms with Crippen LogP contribution in [0.3, 0.4) is 0 Å². The Bertz CT molecular complexity index is 753. The Morgan fingerprint density at radius 3 is 2.56 bits per heavy atom. The molecule has 25 heavy (non-hydrogen) atoms. The van der Waals surface area contributed by atoms with E-state index in [1.54, 1.807) is 26.4 Å². The molecule has 1 aliphatic rings. The number of carbonyl (C=O) groups excluding carboxylic acids is 1. The molecular formula is C18H23N3O4. The molecule has 7 nitrogen and oxygen atoms in total. The van der Waals surface area contributed by atoms with Crippen LogP contribution in [0.15, 0.2) is 22.7 Å². The minimum Gasteiger partial charge on any atom is -0.493 e. The Morgan fingerprint density at radius 1 is 1.24 bits per heavy atom. The van der Waals surface area contributed by atoms with Crippen molar-refractivity contribution in [2.75, 3.05) is 14.2 Å². The Kier molecular flexibility index (Phi) is 4.92. The van der Waals surface area contributed by atoms with Gasteiger partial charge in [0, 0.05) is 11.5 Å². The number of carbonyl (C=O) groups is 1. The highest BCUT2D eigenvalue weighted by molar-refractivity contribution is 5.81. The summed E-state index contributed by atoms with van der Waals surface area (Å²) < 4.78 is 16.0. The van der Waals surface area contributed by atoms with Gasteiger partial charge in [-0.05, 0) is 37.0 Å². The van der Waals surface area contributed by atoms with Crippen LogP contribution in [0, 0.1) is 11.8 Å². The van der Waals surface area contributed by atoms with Crippen LogP contribution >= 0.6 is 0 Å². The number of aromatic nitrogens is 2. The lowest BCUT2D eigenvalue weighted by Gasteiger charge is -2.18. The van der Waals surface area contributed by atoms with Crippen LogP contribution in [-0.4, -0.2) is 30.3 Å². The molecule has 1 aliphatic carbocycles. The summed E-state index contributed by atoms with van der Waals surface area (Å²) >= 11 is 0. The van der Waals surface area contributed by atoms with E-state index < -0.39 is 0 Å². The van der Waals surface area contributed by atoms with Gasteiger partial charge in [-0.15, -0.1) is 0 Å². The van der Waals surface area contributed by atoms with Gasteiger partial charge in [0.1, 0.15) is 6.04 Å². The maximum absolute atomic E-state index is 12.1. The van der Waals surface area contributed by atoms with Gasteiger partial charge in [-0.2, -0.15) is 4.98 Å². The molecule has 1 atom stereocenters. The predicted molar refractivity (Wildman–Crippen MR) is 91.3 cm³/mol. The highest BCUT2D eigenvalue weighted by Gasteiger charge is 2.33. The van der Waals surface area contributed by atoms with Crippen molar-refractivity contribution in [3.63, 3.8) is 0 Å². The van der Waals surface area contributed by atoms with E-state index in [0.29, 0.717) is 23.2 Å². The molecule has 1 amide bonds. The van der Waals surface area contributed by atoms with Crippen LogP contribution in [0.1, 0.15) is 38.6 Å². The molecule has 0 spiro atoms. The summed E-state index contributed by atoms with van der Waals surface area (Å²) in [7, 11) is 3.16. The minimum absolute atomic E-state index is 0.0598. The second-order valence-corrected chi connectivity index (χ2v) is 6.53. The zero-order chi connectivity index (χ0) is 18.0. The SMILES string of the molecule is COc1ccc(-c2noc([C@@H](NC(=O)C3CC3)C(C)C)n2)cc1OC. The summed E-state index contributed by atoms with van der Waals surface area (Å²) in [5.41, 5.74) is 0.753. The van der Waals surface area contributed by atoms with Crippen molar-refractivity contribution in [2.45, 2.75) is 32.7 Å². The molecule has 0 radical (unpaired) electrons. The first-order valence-electron chi connectivity index (χ1n) is 8.39. The molecule has 1 fully saturated rings. The molecule has 2 aromatic rings. The van der Waals surface area contributed by atoms with E-state index in [4.69, 9.17) is 14.0 Å². The van der Waals surface area contributed by atoms with Crippen molar-refractivity contribution in [1.29, 1.82) is 0 Å². The van der Waals surface area contributed by atoms with Crippen molar-refractivity contribution in [1.82, 2.24) is 15.5 Å². The average Bonchev–Trinajstić information content (AvgIpc) is 3.36. The third kappa shape index (κ3) is 3.75. The Labute approximate surface area is 146 Å². The molecule has 1 heterocycles. The van der Waals surface area contributed by atoms with Crippen LogP contribution in [0.4, 0.5) is 0 Å². The topological polar surface area (TPSA) is 86.5 Å². The van der Waals surface area contributed by atoms with Gasteiger partial charge < -0.3 is 19.3 Å². The summed E-state index contributed by atoms with van der Waals surface area (Å²) in [6, 6.07) is 5.12. The Hall–Kier alpha value is -2.57. The molecule has 1 saturated carbocycles. The van der Waals surface area contributed by atoms with Gasteiger partial charge in [-0.25, -0.2) is 0 Å². The zero-order valence-corrected chi connectivity index (χ0v) is 14.9. The fourth-order valence-electron chi connectivity index (χ4n) is 2.58. The molecule has 1 aromatic heterocycles. The maximum atomic E-state index is 12.1. The molecule has 134 valence electrons. The van der Waals surface area contributed by atoms with Crippen molar-refractivity contribution >= 4 is 5.91 Å². The fourth-order valence-corrected chi connectivity index (χ4v) is 2.58. The zero-order valence-electron chi connectivity index (χ0n) is 14.9. The predicted octanol–water partition coefficient (Wildman–Crippen LogP) is 2.98. The van der Waals surface area contributed by atoms with Gasteiger partial charge in [-0.1, -0.05) is 19.0 Å². The normalized spacial score (nSPS) is 15.1. The molecule has 1 aromatic carbocycles. The Morgan fingerprint density at radius 2 is 1.96 bits per heavy atom.